The molecule has 53 heavy (non-hydrogen) atoms. The number of carbonyl (C=O) groups excluding carboxylic acids is 1. The number of hydrogen-bond acceptors (Lipinski definition) is 6. The number of phenols is 1. The molecule has 7 nitrogen and oxygen atoms in total. The van der Waals surface area contributed by atoms with Crippen molar-refractivity contribution >= 4 is 17.3 Å². The number of carbonyl (C=O) groups is 1. The van der Waals surface area contributed by atoms with Crippen LogP contribution >= 0.6 is 0 Å². The molecule has 276 valence electrons. The van der Waals surface area contributed by atoms with Crippen LogP contribution in [0.4, 0.5) is 11.4 Å². The number of amides is 1. The Labute approximate surface area is 315 Å². The van der Waals surface area contributed by atoms with Gasteiger partial charge in [-0.15, -0.1) is 0 Å². The number of phenolic OH excluding ortho intramolecular Hbond substituents is 1. The van der Waals surface area contributed by atoms with Crippen LogP contribution in [-0.4, -0.2) is 85.8 Å². The summed E-state index contributed by atoms with van der Waals surface area (Å²) in [6, 6.07) is 33.3. The molecule has 3 atom stereocenters. The molecule has 1 amide bonds. The first-order valence-corrected chi connectivity index (χ1v) is 20.4. The molecular formula is C46H55N5O2. The van der Waals surface area contributed by atoms with Crippen molar-refractivity contribution in [1.82, 2.24) is 15.1 Å². The van der Waals surface area contributed by atoms with Crippen molar-refractivity contribution in [2.45, 2.75) is 69.4 Å². The Morgan fingerprint density at radius 1 is 0.717 bits per heavy atom. The summed E-state index contributed by atoms with van der Waals surface area (Å²) in [7, 11) is 0. The first kappa shape index (κ1) is 34.4. The molecule has 0 radical (unpaired) electrons. The van der Waals surface area contributed by atoms with Crippen LogP contribution in [0, 0.1) is 5.92 Å². The fourth-order valence-corrected chi connectivity index (χ4v) is 10.2. The maximum Gasteiger partial charge on any atom is 0.254 e. The Morgan fingerprint density at radius 2 is 1.49 bits per heavy atom. The van der Waals surface area contributed by atoms with Gasteiger partial charge in [-0.1, -0.05) is 48.5 Å². The van der Waals surface area contributed by atoms with Gasteiger partial charge in [0.05, 0.1) is 0 Å². The molecule has 4 aromatic carbocycles. The Hall–Kier alpha value is -4.33. The van der Waals surface area contributed by atoms with Crippen LogP contribution in [0.5, 0.6) is 5.75 Å². The molecular weight excluding hydrogens is 655 g/mol. The standard InChI is InChI=1S/C46H55N5O2/c52-41-14-17-43-36(30-41)10-15-42(34-5-2-1-3-6-34)45(43)35-8-11-38(12-9-35)49-23-19-33(20-24-49)18-22-48-25-27-50(28-26-48)39-13-16-44-37(29-39)32-51(46(44)53)40-7-4-21-47-31-40/h1-3,5-6,8-9,11-14,16-17,29-30,33,40,42,45,47,52H,4,7,10,15,18-28,31-32H2/t40?,42-,45+/m1/s1. The highest BCUT2D eigenvalue weighted by Gasteiger charge is 2.35. The molecule has 3 saturated heterocycles. The lowest BCUT2D eigenvalue weighted by Crippen LogP contribution is -2.47. The van der Waals surface area contributed by atoms with E-state index in [9.17, 15) is 9.90 Å². The summed E-state index contributed by atoms with van der Waals surface area (Å²) in [4.78, 5) is 23.0. The Morgan fingerprint density at radius 3 is 2.26 bits per heavy atom. The molecule has 7 heteroatoms. The number of fused-ring (bicyclic) bond motifs is 2. The third kappa shape index (κ3) is 7.18. The zero-order chi connectivity index (χ0) is 35.7. The maximum atomic E-state index is 13.1. The molecule has 4 heterocycles. The lowest BCUT2D eigenvalue weighted by Gasteiger charge is -2.38. The summed E-state index contributed by atoms with van der Waals surface area (Å²) in [5, 5.41) is 13.7. The molecule has 1 unspecified atom stereocenters. The van der Waals surface area contributed by atoms with Crippen LogP contribution in [-0.2, 0) is 13.0 Å². The minimum atomic E-state index is 0.218. The molecule has 2 N–H and O–H groups in total. The van der Waals surface area contributed by atoms with Crippen LogP contribution in [0.15, 0.2) is 91.0 Å². The molecule has 1 aliphatic carbocycles. The average Bonchev–Trinajstić information content (AvgIpc) is 3.56. The van der Waals surface area contributed by atoms with E-state index in [4.69, 9.17) is 0 Å². The van der Waals surface area contributed by atoms with Crippen LogP contribution in [0.2, 0.25) is 0 Å². The van der Waals surface area contributed by atoms with Gasteiger partial charge in [-0.05, 0) is 140 Å². The second-order valence-electron chi connectivity index (χ2n) is 16.3. The van der Waals surface area contributed by atoms with Crippen molar-refractivity contribution in [3.05, 3.63) is 124 Å². The lowest BCUT2D eigenvalue weighted by atomic mass is 9.69. The Kier molecular flexibility index (Phi) is 9.87. The third-order valence-electron chi connectivity index (χ3n) is 13.3. The molecule has 0 spiro atoms. The lowest BCUT2D eigenvalue weighted by molar-refractivity contribution is 0.0674. The van der Waals surface area contributed by atoms with Gasteiger partial charge in [-0.25, -0.2) is 0 Å². The number of hydrogen-bond donors (Lipinski definition) is 2. The predicted molar refractivity (Wildman–Crippen MR) is 214 cm³/mol. The number of anilines is 2. The van der Waals surface area contributed by atoms with Crippen LogP contribution in [0.3, 0.4) is 0 Å². The normalized spacial score (nSPS) is 24.0. The predicted octanol–water partition coefficient (Wildman–Crippen LogP) is 7.39. The SMILES string of the molecule is O=C1c2ccc(N3CCN(CCC4CCN(c5ccc([C@@H]6c7ccc(O)cc7CC[C@@H]6c6ccccc6)cc5)CC4)CC3)cc2CN1C1CCCNC1. The third-order valence-corrected chi connectivity index (χ3v) is 13.3. The smallest absolute Gasteiger partial charge is 0.254 e. The van der Waals surface area contributed by atoms with Crippen molar-refractivity contribution in [2.75, 3.05) is 68.7 Å². The van der Waals surface area contributed by atoms with Crippen LogP contribution in [0.1, 0.15) is 88.5 Å². The van der Waals surface area contributed by atoms with Crippen molar-refractivity contribution < 1.29 is 9.90 Å². The summed E-state index contributed by atoms with van der Waals surface area (Å²) in [5.74, 6) is 2.10. The summed E-state index contributed by atoms with van der Waals surface area (Å²) < 4.78 is 0. The molecule has 3 fully saturated rings. The summed E-state index contributed by atoms with van der Waals surface area (Å²) in [5.41, 5.74) is 10.2. The van der Waals surface area contributed by atoms with E-state index in [1.807, 2.05) is 12.1 Å². The second kappa shape index (κ2) is 15.2. The number of piperidine rings is 2. The van der Waals surface area contributed by atoms with Crippen LogP contribution < -0.4 is 15.1 Å². The molecule has 0 saturated carbocycles. The zero-order valence-corrected chi connectivity index (χ0v) is 31.1. The van der Waals surface area contributed by atoms with Crippen molar-refractivity contribution in [3.63, 3.8) is 0 Å². The fourth-order valence-electron chi connectivity index (χ4n) is 10.2. The first-order valence-electron chi connectivity index (χ1n) is 20.4. The number of nitrogens with zero attached hydrogens (tertiary/aromatic N) is 4. The van der Waals surface area contributed by atoms with Gasteiger partial charge >= 0.3 is 0 Å². The van der Waals surface area contributed by atoms with Gasteiger partial charge in [0.2, 0.25) is 0 Å². The quantitative estimate of drug-likeness (QED) is 0.199. The number of piperazine rings is 1. The van der Waals surface area contributed by atoms with E-state index in [0.717, 1.165) is 96.1 Å². The van der Waals surface area contributed by atoms with E-state index < -0.39 is 0 Å². The van der Waals surface area contributed by atoms with Gasteiger partial charge < -0.3 is 25.1 Å². The monoisotopic (exact) mass is 709 g/mol. The molecule has 4 aromatic rings. The molecule has 0 bridgehead atoms. The van der Waals surface area contributed by atoms with Gasteiger partial charge in [0, 0.05) is 81.3 Å². The molecule has 0 aromatic heterocycles. The topological polar surface area (TPSA) is 62.3 Å². The number of nitrogens with one attached hydrogen (secondary N) is 1. The number of aromatic hydroxyl groups is 1. The van der Waals surface area contributed by atoms with Gasteiger partial charge in [-0.3, -0.25) is 9.69 Å². The van der Waals surface area contributed by atoms with Crippen molar-refractivity contribution in [3.8, 4) is 5.75 Å². The highest BCUT2D eigenvalue weighted by atomic mass is 16.3. The second-order valence-corrected chi connectivity index (χ2v) is 16.3. The van der Waals surface area contributed by atoms with Crippen molar-refractivity contribution in [2.24, 2.45) is 5.92 Å². The van der Waals surface area contributed by atoms with Gasteiger partial charge in [0.15, 0.2) is 0 Å². The number of rotatable bonds is 8. The van der Waals surface area contributed by atoms with E-state index in [2.05, 4.69) is 104 Å². The zero-order valence-electron chi connectivity index (χ0n) is 31.1. The summed E-state index contributed by atoms with van der Waals surface area (Å²) in [6.45, 7) is 10.5. The van der Waals surface area contributed by atoms with Crippen molar-refractivity contribution in [1.29, 1.82) is 0 Å². The van der Waals surface area contributed by atoms with Gasteiger partial charge in [0.25, 0.3) is 5.91 Å². The van der Waals surface area contributed by atoms with Gasteiger partial charge in [0.1, 0.15) is 5.75 Å². The van der Waals surface area contributed by atoms with E-state index in [-0.39, 0.29) is 11.8 Å². The minimum absolute atomic E-state index is 0.218. The minimum Gasteiger partial charge on any atom is -0.508 e. The molecule has 4 aliphatic heterocycles. The molecule has 9 rings (SSSR count). The Balaban J connectivity index is 0.759. The summed E-state index contributed by atoms with van der Waals surface area (Å²) >= 11 is 0. The number of aryl methyl sites for hydroxylation is 1. The van der Waals surface area contributed by atoms with Gasteiger partial charge in [-0.2, -0.15) is 0 Å². The largest absolute Gasteiger partial charge is 0.508 e. The highest BCUT2D eigenvalue weighted by Crippen LogP contribution is 2.47. The fraction of sp³-hybridized carbons (Fsp3) is 0.457. The maximum absolute atomic E-state index is 13.1. The molecule has 5 aliphatic rings. The van der Waals surface area contributed by atoms with E-state index in [1.165, 1.54) is 65.0 Å². The van der Waals surface area contributed by atoms with E-state index in [0.29, 0.717) is 17.7 Å². The first-order chi connectivity index (χ1) is 26.1. The summed E-state index contributed by atoms with van der Waals surface area (Å²) in [6.07, 6.45) is 8.16. The van der Waals surface area contributed by atoms with E-state index in [1.54, 1.807) is 0 Å². The van der Waals surface area contributed by atoms with Crippen LogP contribution in [0.25, 0.3) is 0 Å². The highest BCUT2D eigenvalue weighted by molar-refractivity contribution is 5.99. The Bertz CT molecular complexity index is 1870. The average molecular weight is 710 g/mol. The number of benzene rings is 4. The van der Waals surface area contributed by atoms with E-state index >= 15 is 0 Å².